The lowest BCUT2D eigenvalue weighted by Crippen LogP contribution is -2.36. The minimum atomic E-state index is -0.0369. The van der Waals surface area contributed by atoms with E-state index in [0.717, 1.165) is 15.7 Å². The second-order valence-corrected chi connectivity index (χ2v) is 6.04. The predicted molar refractivity (Wildman–Crippen MR) is 89.0 cm³/mol. The van der Waals surface area contributed by atoms with E-state index in [-0.39, 0.29) is 11.8 Å². The van der Waals surface area contributed by atoms with Crippen molar-refractivity contribution in [1.29, 1.82) is 0 Å². The van der Waals surface area contributed by atoms with Crippen molar-refractivity contribution in [2.75, 3.05) is 11.4 Å². The molecule has 1 heterocycles. The van der Waals surface area contributed by atoms with Crippen molar-refractivity contribution >= 4 is 39.2 Å². The number of hydrogen-bond acceptors (Lipinski definition) is 4. The molecule has 0 bridgehead atoms. The fourth-order valence-corrected chi connectivity index (χ4v) is 2.92. The second-order valence-electron chi connectivity index (χ2n) is 4.78. The molecule has 0 aromatic heterocycles. The lowest BCUT2D eigenvalue weighted by Gasteiger charge is -2.27. The van der Waals surface area contributed by atoms with E-state index >= 15 is 0 Å². The quantitative estimate of drug-likeness (QED) is 0.852. The molecule has 0 amide bonds. The summed E-state index contributed by atoms with van der Waals surface area (Å²) in [6.45, 7) is 0.551. The molecule has 0 saturated heterocycles. The highest BCUT2D eigenvalue weighted by molar-refractivity contribution is 9.10. The minimum absolute atomic E-state index is 0.0369. The number of halogens is 2. The van der Waals surface area contributed by atoms with Crippen LogP contribution in [0.4, 0.5) is 5.69 Å². The Morgan fingerprint density at radius 3 is 2.81 bits per heavy atom. The molecule has 2 aromatic rings. The van der Waals surface area contributed by atoms with E-state index in [1.807, 2.05) is 35.2 Å². The summed E-state index contributed by atoms with van der Waals surface area (Å²) in [6, 6.07) is 12.7. The van der Waals surface area contributed by atoms with Crippen LogP contribution in [-0.2, 0) is 0 Å². The molecule has 6 heteroatoms. The molecule has 1 aliphatic rings. The van der Waals surface area contributed by atoms with Gasteiger partial charge in [0.25, 0.3) is 0 Å². The molecule has 3 rings (SSSR count). The average molecular weight is 367 g/mol. The number of aromatic hydroxyl groups is 1. The summed E-state index contributed by atoms with van der Waals surface area (Å²) in [4.78, 5) is 6.26. The number of nitrogens with zero attached hydrogens (tertiary/aromatic N) is 2. The molecule has 108 valence electrons. The number of hydrogen-bond donors (Lipinski definition) is 2. The van der Waals surface area contributed by atoms with Crippen LogP contribution in [0.2, 0.25) is 5.02 Å². The third-order valence-electron chi connectivity index (χ3n) is 3.42. The summed E-state index contributed by atoms with van der Waals surface area (Å²) < 4.78 is 0.802. The molecule has 0 spiro atoms. The van der Waals surface area contributed by atoms with Gasteiger partial charge in [0, 0.05) is 10.2 Å². The highest BCUT2D eigenvalue weighted by Crippen LogP contribution is 2.35. The van der Waals surface area contributed by atoms with Gasteiger partial charge in [-0.15, -0.1) is 0 Å². The number of benzene rings is 2. The number of phenolic OH excluding ortho intramolecular Hbond substituents is 1. The zero-order chi connectivity index (χ0) is 15.0. The van der Waals surface area contributed by atoms with E-state index in [9.17, 15) is 5.11 Å². The van der Waals surface area contributed by atoms with Gasteiger partial charge in [0.05, 0.1) is 17.6 Å². The first kappa shape index (κ1) is 14.2. The molecular formula is C15H13BrClN3O. The third-order valence-corrected chi connectivity index (χ3v) is 4.64. The SMILES string of the molecule is NC1=NCC(c2cccc(O)c2)N1c1ccc(Cl)c(Br)c1. The molecule has 0 radical (unpaired) electrons. The van der Waals surface area contributed by atoms with Crippen LogP contribution in [0.3, 0.4) is 0 Å². The Labute approximate surface area is 136 Å². The smallest absolute Gasteiger partial charge is 0.196 e. The summed E-state index contributed by atoms with van der Waals surface area (Å²) in [5.41, 5.74) is 7.89. The zero-order valence-corrected chi connectivity index (χ0v) is 13.3. The van der Waals surface area contributed by atoms with E-state index < -0.39 is 0 Å². The molecule has 3 N–H and O–H groups in total. The Balaban J connectivity index is 2.01. The number of phenols is 1. The van der Waals surface area contributed by atoms with Crippen molar-refractivity contribution in [3.05, 3.63) is 57.5 Å². The van der Waals surface area contributed by atoms with Gasteiger partial charge >= 0.3 is 0 Å². The first-order chi connectivity index (χ1) is 10.1. The standard InChI is InChI=1S/C15H13BrClN3O/c16-12-7-10(4-5-13(12)17)20-14(8-19-15(20)18)9-2-1-3-11(21)6-9/h1-7,14,21H,8H2,(H2,18,19). The van der Waals surface area contributed by atoms with Crippen LogP contribution in [0, 0.1) is 0 Å². The molecule has 4 nitrogen and oxygen atoms in total. The van der Waals surface area contributed by atoms with Crippen LogP contribution < -0.4 is 10.6 Å². The third kappa shape index (κ3) is 2.71. The van der Waals surface area contributed by atoms with E-state index in [0.29, 0.717) is 17.5 Å². The number of rotatable bonds is 2. The molecule has 2 aromatic carbocycles. The van der Waals surface area contributed by atoms with E-state index in [4.69, 9.17) is 17.3 Å². The molecule has 0 saturated carbocycles. The van der Waals surface area contributed by atoms with Crippen LogP contribution in [0.1, 0.15) is 11.6 Å². The monoisotopic (exact) mass is 365 g/mol. The highest BCUT2D eigenvalue weighted by Gasteiger charge is 2.29. The average Bonchev–Trinajstić information content (AvgIpc) is 2.84. The normalized spacial score (nSPS) is 17.9. The van der Waals surface area contributed by atoms with Crippen molar-refractivity contribution in [1.82, 2.24) is 0 Å². The summed E-state index contributed by atoms with van der Waals surface area (Å²) in [5, 5.41) is 10.3. The van der Waals surface area contributed by atoms with Crippen molar-refractivity contribution in [3.63, 3.8) is 0 Å². The van der Waals surface area contributed by atoms with Gasteiger partial charge in [-0.05, 0) is 51.8 Å². The van der Waals surface area contributed by atoms with Gasteiger partial charge in [-0.25, -0.2) is 0 Å². The maximum absolute atomic E-state index is 9.66. The Hall–Kier alpha value is -1.72. The van der Waals surface area contributed by atoms with Gasteiger partial charge in [0.15, 0.2) is 5.96 Å². The molecular weight excluding hydrogens is 354 g/mol. The fourth-order valence-electron chi connectivity index (χ4n) is 2.43. The van der Waals surface area contributed by atoms with Crippen molar-refractivity contribution in [3.8, 4) is 5.75 Å². The maximum atomic E-state index is 9.66. The van der Waals surface area contributed by atoms with Gasteiger partial charge in [-0.2, -0.15) is 0 Å². The van der Waals surface area contributed by atoms with E-state index in [1.165, 1.54) is 0 Å². The first-order valence-corrected chi connectivity index (χ1v) is 7.56. The zero-order valence-electron chi connectivity index (χ0n) is 11.0. The summed E-state index contributed by atoms with van der Waals surface area (Å²) in [7, 11) is 0. The predicted octanol–water partition coefficient (Wildman–Crippen LogP) is 3.68. The van der Waals surface area contributed by atoms with E-state index in [2.05, 4.69) is 20.9 Å². The Bertz CT molecular complexity index is 720. The fraction of sp³-hybridized carbons (Fsp3) is 0.133. The van der Waals surface area contributed by atoms with Crippen LogP contribution in [0.25, 0.3) is 0 Å². The van der Waals surface area contributed by atoms with E-state index in [1.54, 1.807) is 12.1 Å². The molecule has 0 fully saturated rings. The van der Waals surface area contributed by atoms with Crippen molar-refractivity contribution in [2.45, 2.75) is 6.04 Å². The Kier molecular flexibility index (Phi) is 3.78. The molecule has 1 unspecified atom stereocenters. The second kappa shape index (κ2) is 5.58. The van der Waals surface area contributed by atoms with Crippen molar-refractivity contribution < 1.29 is 5.11 Å². The van der Waals surface area contributed by atoms with Crippen LogP contribution >= 0.6 is 27.5 Å². The van der Waals surface area contributed by atoms with Crippen LogP contribution in [0.5, 0.6) is 5.75 Å². The molecule has 1 atom stereocenters. The van der Waals surface area contributed by atoms with Gasteiger partial charge in [0.2, 0.25) is 0 Å². The summed E-state index contributed by atoms with van der Waals surface area (Å²) in [5.74, 6) is 0.688. The maximum Gasteiger partial charge on any atom is 0.196 e. The van der Waals surface area contributed by atoms with Gasteiger partial charge < -0.3 is 15.7 Å². The largest absolute Gasteiger partial charge is 0.508 e. The lowest BCUT2D eigenvalue weighted by molar-refractivity contribution is 0.474. The molecule has 21 heavy (non-hydrogen) atoms. The topological polar surface area (TPSA) is 61.9 Å². The minimum Gasteiger partial charge on any atom is -0.508 e. The van der Waals surface area contributed by atoms with Gasteiger partial charge in [-0.3, -0.25) is 4.99 Å². The molecule has 0 aliphatic carbocycles. The Morgan fingerprint density at radius 1 is 1.29 bits per heavy atom. The first-order valence-electron chi connectivity index (χ1n) is 6.39. The highest BCUT2D eigenvalue weighted by atomic mass is 79.9. The summed E-state index contributed by atoms with van der Waals surface area (Å²) >= 11 is 9.46. The number of nitrogens with two attached hydrogens (primary N) is 1. The van der Waals surface area contributed by atoms with Gasteiger partial charge in [-0.1, -0.05) is 23.7 Å². The number of guanidine groups is 1. The lowest BCUT2D eigenvalue weighted by atomic mass is 10.1. The van der Waals surface area contributed by atoms with Crippen molar-refractivity contribution in [2.24, 2.45) is 10.7 Å². The number of aliphatic imine (C=N–C) groups is 1. The molecule has 1 aliphatic heterocycles. The van der Waals surface area contributed by atoms with Crippen LogP contribution in [-0.4, -0.2) is 17.6 Å². The number of anilines is 1. The summed E-state index contributed by atoms with van der Waals surface area (Å²) in [6.07, 6.45) is 0. The Morgan fingerprint density at radius 2 is 2.10 bits per heavy atom. The van der Waals surface area contributed by atoms with Crippen LogP contribution in [0.15, 0.2) is 51.9 Å². The van der Waals surface area contributed by atoms with Gasteiger partial charge in [0.1, 0.15) is 5.75 Å².